The van der Waals surface area contributed by atoms with Gasteiger partial charge in [-0.2, -0.15) is 0 Å². The lowest BCUT2D eigenvalue weighted by atomic mass is 10.1. The summed E-state index contributed by atoms with van der Waals surface area (Å²) in [6, 6.07) is 0.0462. The molecule has 2 unspecified atom stereocenters. The number of aliphatic hydroxyl groups excluding tert-OH is 1. The van der Waals surface area contributed by atoms with Gasteiger partial charge in [-0.1, -0.05) is 6.92 Å². The second-order valence-corrected chi connectivity index (χ2v) is 5.92. The summed E-state index contributed by atoms with van der Waals surface area (Å²) in [4.78, 5) is 16.3. The van der Waals surface area contributed by atoms with Gasteiger partial charge in [0.25, 0.3) is 0 Å². The van der Waals surface area contributed by atoms with Crippen molar-refractivity contribution < 1.29 is 9.90 Å². The van der Waals surface area contributed by atoms with Crippen LogP contribution < -0.4 is 5.32 Å². The Morgan fingerprint density at radius 1 is 1.26 bits per heavy atom. The lowest BCUT2D eigenvalue weighted by Gasteiger charge is -2.19. The SMILES string of the molecule is CCCN1CCC(CNC(=O)N2CCC(CO)C2)C1. The summed E-state index contributed by atoms with van der Waals surface area (Å²) in [6.07, 6.45) is 3.33. The van der Waals surface area contributed by atoms with Gasteiger partial charge < -0.3 is 20.2 Å². The number of nitrogens with one attached hydrogen (secondary N) is 1. The summed E-state index contributed by atoms with van der Waals surface area (Å²) in [5.74, 6) is 0.879. The zero-order valence-electron chi connectivity index (χ0n) is 12.0. The zero-order valence-corrected chi connectivity index (χ0v) is 12.0. The van der Waals surface area contributed by atoms with Crippen molar-refractivity contribution in [2.75, 3.05) is 45.9 Å². The number of aliphatic hydroxyl groups is 1. The maximum Gasteiger partial charge on any atom is 0.317 e. The first-order valence-electron chi connectivity index (χ1n) is 7.59. The average molecular weight is 269 g/mol. The van der Waals surface area contributed by atoms with Crippen LogP contribution in [0.3, 0.4) is 0 Å². The highest BCUT2D eigenvalue weighted by atomic mass is 16.3. The summed E-state index contributed by atoms with van der Waals surface area (Å²) < 4.78 is 0. The van der Waals surface area contributed by atoms with Crippen molar-refractivity contribution >= 4 is 6.03 Å². The lowest BCUT2D eigenvalue weighted by Crippen LogP contribution is -2.41. The Hall–Kier alpha value is -0.810. The second-order valence-electron chi connectivity index (χ2n) is 5.92. The Morgan fingerprint density at radius 2 is 2.05 bits per heavy atom. The van der Waals surface area contributed by atoms with Crippen LogP contribution in [0.15, 0.2) is 0 Å². The van der Waals surface area contributed by atoms with Gasteiger partial charge in [0.15, 0.2) is 0 Å². The normalized spacial score (nSPS) is 28.0. The van der Waals surface area contributed by atoms with Crippen molar-refractivity contribution in [3.8, 4) is 0 Å². The molecular weight excluding hydrogens is 242 g/mol. The van der Waals surface area contributed by atoms with Gasteiger partial charge in [-0.15, -0.1) is 0 Å². The van der Waals surface area contributed by atoms with Crippen molar-refractivity contribution in [2.45, 2.75) is 26.2 Å². The van der Waals surface area contributed by atoms with Gasteiger partial charge in [0, 0.05) is 38.7 Å². The summed E-state index contributed by atoms with van der Waals surface area (Å²) in [7, 11) is 0. The molecule has 2 saturated heterocycles. The Kier molecular flexibility index (Phi) is 5.45. The Labute approximate surface area is 115 Å². The fourth-order valence-electron chi connectivity index (χ4n) is 3.11. The molecule has 2 aliphatic rings. The maximum atomic E-state index is 12.0. The predicted molar refractivity (Wildman–Crippen MR) is 75.0 cm³/mol. The van der Waals surface area contributed by atoms with E-state index in [0.717, 1.165) is 26.1 Å². The van der Waals surface area contributed by atoms with Crippen molar-refractivity contribution in [2.24, 2.45) is 11.8 Å². The first-order valence-corrected chi connectivity index (χ1v) is 7.59. The Bertz CT molecular complexity index is 298. The number of urea groups is 1. The molecule has 2 atom stereocenters. The van der Waals surface area contributed by atoms with Crippen molar-refractivity contribution in [1.29, 1.82) is 0 Å². The van der Waals surface area contributed by atoms with Gasteiger partial charge in [-0.25, -0.2) is 4.79 Å². The number of carbonyl (C=O) groups is 1. The van der Waals surface area contributed by atoms with Crippen LogP contribution in [0.4, 0.5) is 4.79 Å². The van der Waals surface area contributed by atoms with Gasteiger partial charge in [0.2, 0.25) is 0 Å². The van der Waals surface area contributed by atoms with Gasteiger partial charge in [-0.3, -0.25) is 0 Å². The highest BCUT2D eigenvalue weighted by Gasteiger charge is 2.27. The van der Waals surface area contributed by atoms with E-state index in [2.05, 4.69) is 17.1 Å². The number of nitrogens with zero attached hydrogens (tertiary/aromatic N) is 2. The smallest absolute Gasteiger partial charge is 0.317 e. The molecule has 0 radical (unpaired) electrons. The number of rotatable bonds is 5. The number of amides is 2. The van der Waals surface area contributed by atoms with E-state index < -0.39 is 0 Å². The molecule has 0 saturated carbocycles. The van der Waals surface area contributed by atoms with Crippen molar-refractivity contribution in [3.63, 3.8) is 0 Å². The number of likely N-dealkylation sites (tertiary alicyclic amines) is 2. The maximum absolute atomic E-state index is 12.0. The fraction of sp³-hybridized carbons (Fsp3) is 0.929. The molecule has 0 aliphatic carbocycles. The number of carbonyl (C=O) groups excluding carboxylic acids is 1. The molecule has 19 heavy (non-hydrogen) atoms. The van der Waals surface area contributed by atoms with E-state index in [-0.39, 0.29) is 18.6 Å². The number of hydrogen-bond donors (Lipinski definition) is 2. The quantitative estimate of drug-likeness (QED) is 0.774. The standard InChI is InChI=1S/C14H27N3O2/c1-2-5-16-6-3-12(9-16)8-15-14(19)17-7-4-13(10-17)11-18/h12-13,18H,2-11H2,1H3,(H,15,19). The molecule has 2 amide bonds. The van der Waals surface area contributed by atoms with E-state index in [1.807, 2.05) is 4.90 Å². The highest BCUT2D eigenvalue weighted by Crippen LogP contribution is 2.17. The minimum Gasteiger partial charge on any atom is -0.396 e. The molecular formula is C14H27N3O2. The fourth-order valence-corrected chi connectivity index (χ4v) is 3.11. The van der Waals surface area contributed by atoms with Crippen LogP contribution in [0.1, 0.15) is 26.2 Å². The third-order valence-electron chi connectivity index (χ3n) is 4.28. The highest BCUT2D eigenvalue weighted by molar-refractivity contribution is 5.74. The van der Waals surface area contributed by atoms with E-state index in [9.17, 15) is 4.79 Å². The van der Waals surface area contributed by atoms with E-state index in [4.69, 9.17) is 5.11 Å². The third-order valence-corrected chi connectivity index (χ3v) is 4.28. The minimum absolute atomic E-state index is 0.0462. The van der Waals surface area contributed by atoms with Gasteiger partial charge in [-0.05, 0) is 38.3 Å². The van der Waals surface area contributed by atoms with E-state index in [1.54, 1.807) is 0 Å². The molecule has 2 aliphatic heterocycles. The Balaban J connectivity index is 1.64. The first-order chi connectivity index (χ1) is 9.22. The molecule has 2 heterocycles. The average Bonchev–Trinajstić information content (AvgIpc) is 3.05. The second kappa shape index (κ2) is 7.10. The molecule has 0 aromatic heterocycles. The molecule has 5 nitrogen and oxygen atoms in total. The minimum atomic E-state index is 0.0462. The van der Waals surface area contributed by atoms with Crippen LogP contribution in [0.5, 0.6) is 0 Å². The molecule has 0 spiro atoms. The Morgan fingerprint density at radius 3 is 2.74 bits per heavy atom. The van der Waals surface area contributed by atoms with E-state index in [1.165, 1.54) is 25.9 Å². The van der Waals surface area contributed by atoms with Crippen molar-refractivity contribution in [1.82, 2.24) is 15.1 Å². The summed E-state index contributed by atoms with van der Waals surface area (Å²) in [5.41, 5.74) is 0. The first kappa shape index (κ1) is 14.6. The van der Waals surface area contributed by atoms with Crippen LogP contribution in [0.2, 0.25) is 0 Å². The molecule has 0 aromatic rings. The summed E-state index contributed by atoms with van der Waals surface area (Å²) >= 11 is 0. The lowest BCUT2D eigenvalue weighted by molar-refractivity contribution is 0.196. The zero-order chi connectivity index (χ0) is 13.7. The summed E-state index contributed by atoms with van der Waals surface area (Å²) in [6.45, 7) is 8.14. The molecule has 2 fully saturated rings. The van der Waals surface area contributed by atoms with Crippen LogP contribution in [0.25, 0.3) is 0 Å². The predicted octanol–water partition coefficient (Wildman–Crippen LogP) is 0.742. The molecule has 0 bridgehead atoms. The van der Waals surface area contributed by atoms with Gasteiger partial charge in [0.05, 0.1) is 0 Å². The third kappa shape index (κ3) is 4.08. The topological polar surface area (TPSA) is 55.8 Å². The van der Waals surface area contributed by atoms with Gasteiger partial charge >= 0.3 is 6.03 Å². The number of hydrogen-bond acceptors (Lipinski definition) is 3. The molecule has 0 aromatic carbocycles. The summed E-state index contributed by atoms with van der Waals surface area (Å²) in [5, 5.41) is 12.1. The molecule has 2 rings (SSSR count). The van der Waals surface area contributed by atoms with Gasteiger partial charge in [0.1, 0.15) is 0 Å². The van der Waals surface area contributed by atoms with Crippen LogP contribution in [0, 0.1) is 11.8 Å². The van der Waals surface area contributed by atoms with Crippen molar-refractivity contribution in [3.05, 3.63) is 0 Å². The van der Waals surface area contributed by atoms with Crippen LogP contribution in [-0.4, -0.2) is 66.8 Å². The van der Waals surface area contributed by atoms with Crippen LogP contribution >= 0.6 is 0 Å². The monoisotopic (exact) mass is 269 g/mol. The van der Waals surface area contributed by atoms with E-state index >= 15 is 0 Å². The van der Waals surface area contributed by atoms with Crippen LogP contribution in [-0.2, 0) is 0 Å². The molecule has 5 heteroatoms. The largest absolute Gasteiger partial charge is 0.396 e. The van der Waals surface area contributed by atoms with E-state index in [0.29, 0.717) is 12.5 Å². The molecule has 110 valence electrons. The molecule has 2 N–H and O–H groups in total.